The quantitative estimate of drug-likeness (QED) is 0.606. The minimum absolute atomic E-state index is 0.200. The number of hydrogen-bond acceptors (Lipinski definition) is 7. The Morgan fingerprint density at radius 2 is 2.22 bits per heavy atom. The van der Waals surface area contributed by atoms with Gasteiger partial charge in [0.05, 0.1) is 12.8 Å². The van der Waals surface area contributed by atoms with E-state index in [2.05, 4.69) is 20.5 Å². The molecule has 0 spiro atoms. The van der Waals surface area contributed by atoms with Crippen molar-refractivity contribution >= 4 is 17.4 Å². The van der Waals surface area contributed by atoms with Crippen LogP contribution in [0, 0.1) is 0 Å². The highest BCUT2D eigenvalue weighted by atomic mass is 16.7. The number of nitrogens with one attached hydrogen (secondary N) is 1. The number of aliphatic hydroxyl groups is 2. The van der Waals surface area contributed by atoms with E-state index in [1.165, 1.54) is 10.7 Å². The Morgan fingerprint density at radius 1 is 1.43 bits per heavy atom. The van der Waals surface area contributed by atoms with E-state index in [-0.39, 0.29) is 12.2 Å². The van der Waals surface area contributed by atoms with Gasteiger partial charge in [0, 0.05) is 19.3 Å². The molecule has 1 atom stereocenters. The van der Waals surface area contributed by atoms with E-state index in [0.717, 1.165) is 31.7 Å². The van der Waals surface area contributed by atoms with Crippen LogP contribution in [0.25, 0.3) is 5.65 Å². The molecule has 1 aliphatic heterocycles. The summed E-state index contributed by atoms with van der Waals surface area (Å²) in [6.45, 7) is 1.28. The van der Waals surface area contributed by atoms with Crippen molar-refractivity contribution in [1.82, 2.24) is 20.1 Å². The zero-order valence-electron chi connectivity index (χ0n) is 12.6. The lowest BCUT2D eigenvalue weighted by Gasteiger charge is -2.16. The van der Waals surface area contributed by atoms with Gasteiger partial charge in [-0.05, 0) is 18.9 Å². The molecule has 9 nitrogen and oxygen atoms in total. The monoisotopic (exact) mass is 321 g/mol. The highest BCUT2D eigenvalue weighted by Gasteiger charge is 2.18. The van der Waals surface area contributed by atoms with Gasteiger partial charge in [-0.25, -0.2) is 15.0 Å². The summed E-state index contributed by atoms with van der Waals surface area (Å²) in [6, 6.07) is 1.88. The zero-order valence-corrected chi connectivity index (χ0v) is 12.6. The van der Waals surface area contributed by atoms with Gasteiger partial charge in [-0.15, -0.1) is 0 Å². The Morgan fingerprint density at radius 3 is 2.96 bits per heavy atom. The maximum atomic E-state index is 12.1. The number of nitrogens with zero attached hydrogens (tertiary/aromatic N) is 4. The van der Waals surface area contributed by atoms with Crippen molar-refractivity contribution in [2.45, 2.75) is 18.9 Å². The normalized spacial score (nSPS) is 16.0. The second kappa shape index (κ2) is 6.90. The molecule has 1 unspecified atom stereocenters. The van der Waals surface area contributed by atoms with Crippen LogP contribution in [0.5, 0.6) is 0 Å². The van der Waals surface area contributed by atoms with Crippen LogP contribution < -0.4 is 10.4 Å². The van der Waals surface area contributed by atoms with Gasteiger partial charge in [0.25, 0.3) is 5.91 Å². The van der Waals surface area contributed by atoms with Gasteiger partial charge in [-0.2, -0.15) is 5.10 Å². The Labute approximate surface area is 132 Å². The first-order chi connectivity index (χ1) is 11.2. The van der Waals surface area contributed by atoms with Crippen molar-refractivity contribution in [3.05, 3.63) is 24.0 Å². The first-order valence-electron chi connectivity index (χ1n) is 7.49. The van der Waals surface area contributed by atoms with E-state index in [4.69, 9.17) is 9.94 Å². The van der Waals surface area contributed by atoms with E-state index in [1.807, 2.05) is 6.07 Å². The first-order valence-corrected chi connectivity index (χ1v) is 7.49. The Balaban J connectivity index is 1.74. The lowest BCUT2D eigenvalue weighted by Crippen LogP contribution is -2.30. The summed E-state index contributed by atoms with van der Waals surface area (Å²) in [5.74, 6) is 0.317. The SMILES string of the molecule is O=C(NOCC(O)CO)c1cnn2ccc(N3CCCC3)nc12. The molecular formula is C14H19N5O4. The number of rotatable bonds is 6. The molecule has 3 N–H and O–H groups in total. The molecule has 1 fully saturated rings. The standard InChI is InChI=1S/C14H19N5O4/c20-8-10(21)9-23-17-14(22)11-7-15-19-6-3-12(16-13(11)19)18-4-1-2-5-18/h3,6-7,10,20-21H,1-2,4-5,8-9H2,(H,17,22). The second-order valence-electron chi connectivity index (χ2n) is 5.38. The van der Waals surface area contributed by atoms with Gasteiger partial charge < -0.3 is 15.1 Å². The van der Waals surface area contributed by atoms with Gasteiger partial charge in [-0.3, -0.25) is 9.63 Å². The van der Waals surface area contributed by atoms with Gasteiger partial charge in [-0.1, -0.05) is 0 Å². The summed E-state index contributed by atoms with van der Waals surface area (Å²) >= 11 is 0. The summed E-state index contributed by atoms with van der Waals surface area (Å²) < 4.78 is 1.52. The van der Waals surface area contributed by atoms with Crippen LogP contribution in [0.1, 0.15) is 23.2 Å². The van der Waals surface area contributed by atoms with E-state index in [1.54, 1.807) is 6.20 Å². The fourth-order valence-corrected chi connectivity index (χ4v) is 2.45. The molecule has 23 heavy (non-hydrogen) atoms. The van der Waals surface area contributed by atoms with Crippen molar-refractivity contribution in [3.63, 3.8) is 0 Å². The number of anilines is 1. The van der Waals surface area contributed by atoms with Crippen LogP contribution in [-0.4, -0.2) is 63.1 Å². The number of aliphatic hydroxyl groups excluding tert-OH is 2. The van der Waals surface area contributed by atoms with E-state index in [9.17, 15) is 9.90 Å². The van der Waals surface area contributed by atoms with Crippen LogP contribution in [0.4, 0.5) is 5.82 Å². The summed E-state index contributed by atoms with van der Waals surface area (Å²) in [5, 5.41) is 22.0. The third kappa shape index (κ3) is 3.41. The zero-order chi connectivity index (χ0) is 16.2. The van der Waals surface area contributed by atoms with Gasteiger partial charge >= 0.3 is 0 Å². The molecule has 1 saturated heterocycles. The molecule has 1 aliphatic rings. The number of fused-ring (bicyclic) bond motifs is 1. The van der Waals surface area contributed by atoms with Crippen LogP contribution in [-0.2, 0) is 4.84 Å². The fourth-order valence-electron chi connectivity index (χ4n) is 2.45. The first kappa shape index (κ1) is 15.7. The van der Waals surface area contributed by atoms with Gasteiger partial charge in [0.15, 0.2) is 5.65 Å². The van der Waals surface area contributed by atoms with Gasteiger partial charge in [0.1, 0.15) is 24.1 Å². The highest BCUT2D eigenvalue weighted by Crippen LogP contribution is 2.19. The average Bonchev–Trinajstić information content (AvgIpc) is 3.23. The lowest BCUT2D eigenvalue weighted by molar-refractivity contribution is -0.0294. The smallest absolute Gasteiger partial charge is 0.280 e. The second-order valence-corrected chi connectivity index (χ2v) is 5.38. The van der Waals surface area contributed by atoms with Crippen LogP contribution in [0.3, 0.4) is 0 Å². The molecule has 0 bridgehead atoms. The number of aromatic nitrogens is 3. The highest BCUT2D eigenvalue weighted by molar-refractivity contribution is 5.99. The molecule has 0 aromatic carbocycles. The number of hydrogen-bond donors (Lipinski definition) is 3. The van der Waals surface area contributed by atoms with Crippen LogP contribution in [0.15, 0.2) is 18.5 Å². The fraction of sp³-hybridized carbons (Fsp3) is 0.500. The predicted molar refractivity (Wildman–Crippen MR) is 80.9 cm³/mol. The predicted octanol–water partition coefficient (Wildman–Crippen LogP) is -0.656. The lowest BCUT2D eigenvalue weighted by atomic mass is 10.3. The number of amides is 1. The topological polar surface area (TPSA) is 112 Å². The summed E-state index contributed by atoms with van der Waals surface area (Å²) in [5.41, 5.74) is 2.94. The molecule has 0 saturated carbocycles. The van der Waals surface area contributed by atoms with E-state index in [0.29, 0.717) is 5.65 Å². The maximum Gasteiger partial charge on any atom is 0.280 e. The minimum atomic E-state index is -1.04. The maximum absolute atomic E-state index is 12.1. The van der Waals surface area contributed by atoms with Crippen LogP contribution >= 0.6 is 0 Å². The number of hydroxylamine groups is 1. The summed E-state index contributed by atoms with van der Waals surface area (Å²) in [6.07, 6.45) is 4.42. The number of carbonyl (C=O) groups excluding carboxylic acids is 1. The van der Waals surface area contributed by atoms with Gasteiger partial charge in [0.2, 0.25) is 0 Å². The molecule has 0 aliphatic carbocycles. The summed E-state index contributed by atoms with van der Waals surface area (Å²) in [4.78, 5) is 23.7. The van der Waals surface area contributed by atoms with Crippen molar-refractivity contribution in [2.24, 2.45) is 0 Å². The van der Waals surface area contributed by atoms with E-state index < -0.39 is 18.6 Å². The molecule has 3 rings (SSSR count). The van der Waals surface area contributed by atoms with Crippen molar-refractivity contribution in [1.29, 1.82) is 0 Å². The third-order valence-electron chi connectivity index (χ3n) is 3.68. The Bertz CT molecular complexity index is 683. The molecule has 3 heterocycles. The van der Waals surface area contributed by atoms with Crippen molar-refractivity contribution < 1.29 is 19.8 Å². The molecule has 2 aromatic heterocycles. The molecule has 1 amide bonds. The Kier molecular flexibility index (Phi) is 4.70. The third-order valence-corrected chi connectivity index (χ3v) is 3.68. The Hall–Kier alpha value is -2.23. The van der Waals surface area contributed by atoms with Crippen LogP contribution in [0.2, 0.25) is 0 Å². The molecule has 2 aromatic rings. The van der Waals surface area contributed by atoms with E-state index >= 15 is 0 Å². The molecule has 9 heteroatoms. The molecule has 124 valence electrons. The molecular weight excluding hydrogens is 302 g/mol. The minimum Gasteiger partial charge on any atom is -0.394 e. The average molecular weight is 321 g/mol. The largest absolute Gasteiger partial charge is 0.394 e. The van der Waals surface area contributed by atoms with Crippen molar-refractivity contribution in [2.75, 3.05) is 31.2 Å². The van der Waals surface area contributed by atoms with Crippen molar-refractivity contribution in [3.8, 4) is 0 Å². The number of carbonyl (C=O) groups is 1. The summed E-state index contributed by atoms with van der Waals surface area (Å²) in [7, 11) is 0. The molecule has 0 radical (unpaired) electrons.